The third-order valence-electron chi connectivity index (χ3n) is 4.31. The molecule has 0 radical (unpaired) electrons. The fourth-order valence-corrected chi connectivity index (χ4v) is 3.05. The van der Waals surface area contributed by atoms with Gasteiger partial charge in [-0.25, -0.2) is 0 Å². The van der Waals surface area contributed by atoms with Crippen LogP contribution in [0.5, 0.6) is 0 Å². The standard InChI is InChI=1S/C14H25N3O2.ClH/c15-12-6-2-1-5-11(12)9-13(18)16-10-14(19)17-7-3-4-8-17;/h11-12H,1-10,15H2,(H,16,18);1H. The van der Waals surface area contributed by atoms with Crippen LogP contribution in [0, 0.1) is 5.92 Å². The van der Waals surface area contributed by atoms with Crippen molar-refractivity contribution in [3.05, 3.63) is 0 Å². The second-order valence-corrected chi connectivity index (χ2v) is 5.78. The van der Waals surface area contributed by atoms with Gasteiger partial charge in [-0.05, 0) is 31.6 Å². The maximum atomic E-state index is 11.8. The minimum absolute atomic E-state index is 0. The van der Waals surface area contributed by atoms with Gasteiger partial charge in [0.1, 0.15) is 0 Å². The molecule has 5 nitrogen and oxygen atoms in total. The number of likely N-dealkylation sites (tertiary alicyclic amines) is 1. The van der Waals surface area contributed by atoms with Crippen molar-refractivity contribution in [2.45, 2.75) is 51.0 Å². The molecule has 116 valence electrons. The van der Waals surface area contributed by atoms with Crippen LogP contribution in [0.2, 0.25) is 0 Å². The summed E-state index contributed by atoms with van der Waals surface area (Å²) < 4.78 is 0. The number of carbonyl (C=O) groups is 2. The molecule has 1 saturated carbocycles. The molecular weight excluding hydrogens is 278 g/mol. The molecule has 0 aromatic heterocycles. The zero-order valence-electron chi connectivity index (χ0n) is 12.0. The van der Waals surface area contributed by atoms with Gasteiger partial charge in [-0.15, -0.1) is 12.4 Å². The summed E-state index contributed by atoms with van der Waals surface area (Å²) >= 11 is 0. The average Bonchev–Trinajstić information content (AvgIpc) is 2.93. The molecule has 2 atom stereocenters. The van der Waals surface area contributed by atoms with Crippen LogP contribution in [-0.2, 0) is 9.59 Å². The Bertz CT molecular complexity index is 332. The highest BCUT2D eigenvalue weighted by Gasteiger charge is 2.24. The number of hydrogen-bond acceptors (Lipinski definition) is 3. The lowest BCUT2D eigenvalue weighted by Crippen LogP contribution is -2.41. The van der Waals surface area contributed by atoms with E-state index in [2.05, 4.69) is 5.32 Å². The average molecular weight is 304 g/mol. The topological polar surface area (TPSA) is 75.4 Å². The van der Waals surface area contributed by atoms with E-state index in [1.54, 1.807) is 0 Å². The zero-order valence-corrected chi connectivity index (χ0v) is 12.8. The lowest BCUT2D eigenvalue weighted by atomic mass is 9.83. The molecule has 0 bridgehead atoms. The number of amides is 2. The van der Waals surface area contributed by atoms with E-state index in [0.717, 1.165) is 38.8 Å². The van der Waals surface area contributed by atoms with Gasteiger partial charge in [0, 0.05) is 25.6 Å². The molecule has 2 unspecified atom stereocenters. The van der Waals surface area contributed by atoms with Crippen molar-refractivity contribution in [3.63, 3.8) is 0 Å². The van der Waals surface area contributed by atoms with Crippen LogP contribution >= 0.6 is 12.4 Å². The van der Waals surface area contributed by atoms with Crippen LogP contribution < -0.4 is 11.1 Å². The summed E-state index contributed by atoms with van der Waals surface area (Å²) in [6, 6.07) is 0.147. The zero-order chi connectivity index (χ0) is 13.7. The molecule has 2 fully saturated rings. The van der Waals surface area contributed by atoms with Crippen LogP contribution in [-0.4, -0.2) is 42.4 Å². The first-order chi connectivity index (χ1) is 9.16. The van der Waals surface area contributed by atoms with Gasteiger partial charge in [0.2, 0.25) is 11.8 Å². The summed E-state index contributed by atoms with van der Waals surface area (Å²) in [4.78, 5) is 25.5. The molecule has 2 amide bonds. The van der Waals surface area contributed by atoms with Crippen molar-refractivity contribution in [1.29, 1.82) is 0 Å². The Morgan fingerprint density at radius 2 is 1.75 bits per heavy atom. The number of halogens is 1. The van der Waals surface area contributed by atoms with Crippen molar-refractivity contribution >= 4 is 24.2 Å². The maximum absolute atomic E-state index is 11.8. The molecule has 1 saturated heterocycles. The molecule has 3 N–H and O–H groups in total. The van der Waals surface area contributed by atoms with E-state index >= 15 is 0 Å². The second kappa shape index (κ2) is 8.47. The normalized spacial score (nSPS) is 25.9. The fraction of sp³-hybridized carbons (Fsp3) is 0.857. The first-order valence-electron chi connectivity index (χ1n) is 7.47. The van der Waals surface area contributed by atoms with E-state index in [1.165, 1.54) is 12.8 Å². The highest BCUT2D eigenvalue weighted by Crippen LogP contribution is 2.25. The van der Waals surface area contributed by atoms with Gasteiger partial charge < -0.3 is 16.0 Å². The van der Waals surface area contributed by atoms with Crippen LogP contribution in [0.25, 0.3) is 0 Å². The third kappa shape index (κ3) is 4.94. The molecule has 2 rings (SSSR count). The van der Waals surface area contributed by atoms with Crippen LogP contribution in [0.3, 0.4) is 0 Å². The monoisotopic (exact) mass is 303 g/mol. The number of rotatable bonds is 4. The molecule has 0 spiro atoms. The molecule has 1 aliphatic carbocycles. The SMILES string of the molecule is Cl.NC1CCCCC1CC(=O)NCC(=O)N1CCCC1. The lowest BCUT2D eigenvalue weighted by molar-refractivity contribution is -0.132. The van der Waals surface area contributed by atoms with E-state index < -0.39 is 0 Å². The Kier molecular flexibility index (Phi) is 7.30. The Hall–Kier alpha value is -0.810. The third-order valence-corrected chi connectivity index (χ3v) is 4.31. The van der Waals surface area contributed by atoms with Gasteiger partial charge in [0.15, 0.2) is 0 Å². The van der Waals surface area contributed by atoms with E-state index in [9.17, 15) is 9.59 Å². The lowest BCUT2D eigenvalue weighted by Gasteiger charge is -2.28. The van der Waals surface area contributed by atoms with Crippen molar-refractivity contribution in [3.8, 4) is 0 Å². The highest BCUT2D eigenvalue weighted by atomic mass is 35.5. The molecule has 1 heterocycles. The summed E-state index contributed by atoms with van der Waals surface area (Å²) in [7, 11) is 0. The summed E-state index contributed by atoms with van der Waals surface area (Å²) in [6.07, 6.45) is 7.02. The Morgan fingerprint density at radius 1 is 1.10 bits per heavy atom. The van der Waals surface area contributed by atoms with Crippen LogP contribution in [0.1, 0.15) is 44.9 Å². The predicted octanol–water partition coefficient (Wildman–Crippen LogP) is 1.05. The van der Waals surface area contributed by atoms with Crippen LogP contribution in [0.15, 0.2) is 0 Å². The number of nitrogens with one attached hydrogen (secondary N) is 1. The van der Waals surface area contributed by atoms with Gasteiger partial charge in [-0.2, -0.15) is 0 Å². The van der Waals surface area contributed by atoms with Crippen LogP contribution in [0.4, 0.5) is 0 Å². The number of nitrogens with zero attached hydrogens (tertiary/aromatic N) is 1. The summed E-state index contributed by atoms with van der Waals surface area (Å²) in [5.41, 5.74) is 6.03. The van der Waals surface area contributed by atoms with Crippen molar-refractivity contribution in [2.75, 3.05) is 19.6 Å². The summed E-state index contributed by atoms with van der Waals surface area (Å²) in [6.45, 7) is 1.81. The van der Waals surface area contributed by atoms with Gasteiger partial charge in [0.25, 0.3) is 0 Å². The highest BCUT2D eigenvalue weighted by molar-refractivity contribution is 5.85. The smallest absolute Gasteiger partial charge is 0.241 e. The largest absolute Gasteiger partial charge is 0.347 e. The molecule has 0 aromatic carbocycles. The van der Waals surface area contributed by atoms with E-state index in [4.69, 9.17) is 5.73 Å². The maximum Gasteiger partial charge on any atom is 0.241 e. The van der Waals surface area contributed by atoms with Gasteiger partial charge in [0.05, 0.1) is 6.54 Å². The first kappa shape index (κ1) is 17.2. The molecule has 0 aromatic rings. The second-order valence-electron chi connectivity index (χ2n) is 5.78. The van der Waals surface area contributed by atoms with Crippen molar-refractivity contribution in [1.82, 2.24) is 10.2 Å². The molecule has 6 heteroatoms. The van der Waals surface area contributed by atoms with Gasteiger partial charge in [-0.1, -0.05) is 12.8 Å². The number of nitrogens with two attached hydrogens (primary N) is 1. The summed E-state index contributed by atoms with van der Waals surface area (Å²) in [5.74, 6) is 0.296. The molecule has 2 aliphatic rings. The Labute approximate surface area is 127 Å². The Balaban J connectivity index is 0.00000200. The first-order valence-corrected chi connectivity index (χ1v) is 7.47. The van der Waals surface area contributed by atoms with E-state index in [1.807, 2.05) is 4.90 Å². The number of carbonyl (C=O) groups excluding carboxylic acids is 2. The summed E-state index contributed by atoms with van der Waals surface area (Å²) in [5, 5.41) is 2.74. The quantitative estimate of drug-likeness (QED) is 0.815. The van der Waals surface area contributed by atoms with E-state index in [-0.39, 0.29) is 42.7 Å². The predicted molar refractivity (Wildman–Crippen MR) is 80.6 cm³/mol. The minimum atomic E-state index is -0.0325. The molecule has 1 aliphatic heterocycles. The number of hydrogen-bond donors (Lipinski definition) is 2. The minimum Gasteiger partial charge on any atom is -0.347 e. The van der Waals surface area contributed by atoms with Gasteiger partial charge >= 0.3 is 0 Å². The van der Waals surface area contributed by atoms with E-state index in [0.29, 0.717) is 6.42 Å². The fourth-order valence-electron chi connectivity index (χ4n) is 3.05. The van der Waals surface area contributed by atoms with Crippen molar-refractivity contribution < 1.29 is 9.59 Å². The Morgan fingerprint density at radius 3 is 2.40 bits per heavy atom. The van der Waals surface area contributed by atoms with Gasteiger partial charge in [-0.3, -0.25) is 9.59 Å². The molecule has 20 heavy (non-hydrogen) atoms. The molecular formula is C14H26ClN3O2. The van der Waals surface area contributed by atoms with Crippen molar-refractivity contribution in [2.24, 2.45) is 11.7 Å².